The minimum Gasteiger partial charge on any atom is -0.481 e. The van der Waals surface area contributed by atoms with Crippen molar-refractivity contribution in [3.05, 3.63) is 65.2 Å². The lowest BCUT2D eigenvalue weighted by atomic mass is 10.0. The van der Waals surface area contributed by atoms with E-state index in [1.807, 2.05) is 48.5 Å². The van der Waals surface area contributed by atoms with E-state index in [2.05, 4.69) is 17.2 Å². The van der Waals surface area contributed by atoms with Gasteiger partial charge < -0.3 is 29.5 Å². The molecule has 1 aliphatic heterocycles. The molecule has 0 atom stereocenters. The molecular formula is C28H32N2O7. The summed E-state index contributed by atoms with van der Waals surface area (Å²) < 4.78 is 15.8. The van der Waals surface area contributed by atoms with Crippen molar-refractivity contribution in [3.8, 4) is 11.8 Å². The van der Waals surface area contributed by atoms with Crippen LogP contribution < -0.4 is 10.2 Å². The number of fused-ring (bicyclic) bond motifs is 2. The van der Waals surface area contributed by atoms with Crippen molar-refractivity contribution >= 4 is 23.5 Å². The van der Waals surface area contributed by atoms with Crippen LogP contribution >= 0.6 is 0 Å². The quantitative estimate of drug-likeness (QED) is 0.280. The SMILES string of the molecule is O=C(O)CCOCCOCCOCCNC(=O)CCC(=O)N1Cc2ccccc2C#Cc2ccccc21. The Kier molecular flexibility index (Phi) is 11.6. The first-order valence-corrected chi connectivity index (χ1v) is 12.3. The van der Waals surface area contributed by atoms with Gasteiger partial charge in [0.1, 0.15) is 0 Å². The summed E-state index contributed by atoms with van der Waals surface area (Å²) in [5, 5.41) is 11.3. The number of carboxylic acid groups (broad SMARTS) is 1. The van der Waals surface area contributed by atoms with Crippen LogP contribution in [0.2, 0.25) is 0 Å². The van der Waals surface area contributed by atoms with Crippen LogP contribution in [0, 0.1) is 11.8 Å². The van der Waals surface area contributed by atoms with E-state index in [0.717, 1.165) is 22.4 Å². The summed E-state index contributed by atoms with van der Waals surface area (Å²) in [5.41, 5.74) is 3.38. The van der Waals surface area contributed by atoms with Gasteiger partial charge in [-0.05, 0) is 23.8 Å². The second kappa shape index (κ2) is 15.4. The molecule has 0 unspecified atom stereocenters. The fourth-order valence-corrected chi connectivity index (χ4v) is 3.62. The van der Waals surface area contributed by atoms with Gasteiger partial charge >= 0.3 is 5.97 Å². The summed E-state index contributed by atoms with van der Waals surface area (Å²) >= 11 is 0. The molecule has 0 spiro atoms. The van der Waals surface area contributed by atoms with Gasteiger partial charge in [0, 0.05) is 30.5 Å². The summed E-state index contributed by atoms with van der Waals surface area (Å²) in [6, 6.07) is 15.3. The smallest absolute Gasteiger partial charge is 0.305 e. The van der Waals surface area contributed by atoms with Gasteiger partial charge in [0.05, 0.1) is 58.3 Å². The zero-order valence-electron chi connectivity index (χ0n) is 20.7. The molecule has 0 radical (unpaired) electrons. The lowest BCUT2D eigenvalue weighted by molar-refractivity contribution is -0.138. The van der Waals surface area contributed by atoms with Gasteiger partial charge in [-0.3, -0.25) is 14.4 Å². The maximum atomic E-state index is 13.2. The second-order valence-electron chi connectivity index (χ2n) is 8.23. The fraction of sp³-hybridized carbons (Fsp3) is 0.393. The Morgan fingerprint density at radius 3 is 2.16 bits per heavy atom. The highest BCUT2D eigenvalue weighted by atomic mass is 16.5. The van der Waals surface area contributed by atoms with Gasteiger partial charge in [-0.15, -0.1) is 0 Å². The predicted octanol–water partition coefficient (Wildman–Crippen LogP) is 2.35. The third kappa shape index (κ3) is 9.69. The summed E-state index contributed by atoms with van der Waals surface area (Å²) in [6.45, 7) is 2.63. The maximum Gasteiger partial charge on any atom is 0.305 e. The standard InChI is InChI=1S/C28H32N2O7/c31-26(29-14-16-36-18-20-37-19-17-35-15-13-28(33)34)11-12-27(32)30-21-24-7-2-1-5-22(24)9-10-23-6-3-4-8-25(23)30/h1-8H,11-21H2,(H,29,31)(H,33,34). The van der Waals surface area contributed by atoms with Crippen LogP contribution in [0.4, 0.5) is 5.69 Å². The molecule has 0 saturated carbocycles. The van der Waals surface area contributed by atoms with E-state index in [4.69, 9.17) is 19.3 Å². The summed E-state index contributed by atoms with van der Waals surface area (Å²) in [5.74, 6) is 5.11. The molecule has 0 aromatic heterocycles. The predicted molar refractivity (Wildman–Crippen MR) is 137 cm³/mol. The first-order chi connectivity index (χ1) is 18.0. The van der Waals surface area contributed by atoms with Crippen LogP contribution in [-0.4, -0.2) is 69.1 Å². The number of hydrogen-bond donors (Lipinski definition) is 2. The van der Waals surface area contributed by atoms with E-state index in [0.29, 0.717) is 46.1 Å². The number of aliphatic carboxylic acids is 1. The van der Waals surface area contributed by atoms with Crippen molar-refractivity contribution in [2.75, 3.05) is 51.1 Å². The highest BCUT2D eigenvalue weighted by molar-refractivity contribution is 5.96. The van der Waals surface area contributed by atoms with Crippen LogP contribution in [0.1, 0.15) is 36.0 Å². The number of carbonyl (C=O) groups excluding carboxylic acids is 2. The first kappa shape index (κ1) is 27.9. The van der Waals surface area contributed by atoms with Crippen molar-refractivity contribution < 1.29 is 33.7 Å². The minimum atomic E-state index is -0.895. The topological polar surface area (TPSA) is 114 Å². The van der Waals surface area contributed by atoms with Crippen LogP contribution in [0.25, 0.3) is 0 Å². The summed E-state index contributed by atoms with van der Waals surface area (Å²) in [7, 11) is 0. The molecule has 2 aromatic carbocycles. The van der Waals surface area contributed by atoms with Crippen molar-refractivity contribution in [2.45, 2.75) is 25.8 Å². The lowest BCUT2D eigenvalue weighted by Gasteiger charge is -2.26. The van der Waals surface area contributed by atoms with E-state index < -0.39 is 5.97 Å². The van der Waals surface area contributed by atoms with Gasteiger partial charge in [-0.1, -0.05) is 42.2 Å². The van der Waals surface area contributed by atoms with E-state index in [9.17, 15) is 14.4 Å². The molecule has 2 N–H and O–H groups in total. The zero-order chi connectivity index (χ0) is 26.3. The molecule has 196 valence electrons. The number of anilines is 1. The Bertz CT molecular complexity index is 1120. The molecule has 0 bridgehead atoms. The molecule has 9 nitrogen and oxygen atoms in total. The number of amides is 2. The molecule has 3 rings (SSSR count). The molecule has 9 heteroatoms. The number of ether oxygens (including phenoxy) is 3. The van der Waals surface area contributed by atoms with E-state index in [1.54, 1.807) is 4.90 Å². The summed E-state index contributed by atoms with van der Waals surface area (Å²) in [4.78, 5) is 37.5. The molecule has 0 fully saturated rings. The molecule has 0 aliphatic carbocycles. The van der Waals surface area contributed by atoms with Gasteiger partial charge in [-0.2, -0.15) is 0 Å². The number of carboxylic acids is 1. The number of nitrogens with one attached hydrogen (secondary N) is 1. The number of para-hydroxylation sites is 1. The van der Waals surface area contributed by atoms with Gasteiger partial charge in [-0.25, -0.2) is 0 Å². The fourth-order valence-electron chi connectivity index (χ4n) is 3.62. The van der Waals surface area contributed by atoms with Crippen molar-refractivity contribution in [1.29, 1.82) is 0 Å². The molecular weight excluding hydrogens is 476 g/mol. The van der Waals surface area contributed by atoms with E-state index in [-0.39, 0.29) is 37.7 Å². The van der Waals surface area contributed by atoms with Crippen LogP contribution in [0.15, 0.2) is 48.5 Å². The Balaban J connectivity index is 1.34. The normalized spacial score (nSPS) is 11.8. The van der Waals surface area contributed by atoms with Crippen molar-refractivity contribution in [2.24, 2.45) is 0 Å². The molecule has 37 heavy (non-hydrogen) atoms. The maximum absolute atomic E-state index is 13.2. The average Bonchev–Trinajstić information content (AvgIpc) is 2.89. The molecule has 0 saturated heterocycles. The molecule has 1 heterocycles. The lowest BCUT2D eigenvalue weighted by Crippen LogP contribution is -2.34. The third-order valence-corrected chi connectivity index (χ3v) is 5.51. The van der Waals surface area contributed by atoms with Gasteiger partial charge in [0.25, 0.3) is 0 Å². The molecule has 2 amide bonds. The second-order valence-corrected chi connectivity index (χ2v) is 8.23. The number of benzene rings is 2. The highest BCUT2D eigenvalue weighted by Crippen LogP contribution is 2.26. The Morgan fingerprint density at radius 1 is 0.784 bits per heavy atom. The monoisotopic (exact) mass is 508 g/mol. The van der Waals surface area contributed by atoms with Crippen LogP contribution in [0.5, 0.6) is 0 Å². The van der Waals surface area contributed by atoms with Crippen LogP contribution in [0.3, 0.4) is 0 Å². The number of carbonyl (C=O) groups is 3. The molecule has 1 aliphatic rings. The third-order valence-electron chi connectivity index (χ3n) is 5.51. The highest BCUT2D eigenvalue weighted by Gasteiger charge is 2.21. The van der Waals surface area contributed by atoms with Crippen molar-refractivity contribution in [3.63, 3.8) is 0 Å². The minimum absolute atomic E-state index is 0.0288. The molecule has 2 aromatic rings. The first-order valence-electron chi connectivity index (χ1n) is 12.3. The Labute approximate surface area is 216 Å². The average molecular weight is 509 g/mol. The zero-order valence-corrected chi connectivity index (χ0v) is 20.7. The van der Waals surface area contributed by atoms with E-state index in [1.165, 1.54) is 0 Å². The van der Waals surface area contributed by atoms with Gasteiger partial charge in [0.2, 0.25) is 11.8 Å². The number of rotatable bonds is 15. The largest absolute Gasteiger partial charge is 0.481 e. The van der Waals surface area contributed by atoms with Crippen molar-refractivity contribution in [1.82, 2.24) is 5.32 Å². The Hall–Kier alpha value is -3.71. The number of nitrogens with zero attached hydrogens (tertiary/aromatic N) is 1. The van der Waals surface area contributed by atoms with E-state index >= 15 is 0 Å². The van der Waals surface area contributed by atoms with Crippen LogP contribution in [-0.2, 0) is 35.1 Å². The van der Waals surface area contributed by atoms with Gasteiger partial charge in [0.15, 0.2) is 0 Å². The summed E-state index contributed by atoms with van der Waals surface area (Å²) in [6.07, 6.45) is 0.133. The Morgan fingerprint density at radius 2 is 1.41 bits per heavy atom. The number of hydrogen-bond acceptors (Lipinski definition) is 6.